The van der Waals surface area contributed by atoms with E-state index < -0.39 is 0 Å². The van der Waals surface area contributed by atoms with Gasteiger partial charge in [-0.05, 0) is 36.2 Å². The average Bonchev–Trinajstić information content (AvgIpc) is 2.72. The average molecular weight is 315 g/mol. The highest BCUT2D eigenvalue weighted by Gasteiger charge is 2.29. The van der Waals surface area contributed by atoms with Crippen LogP contribution in [0.5, 0.6) is 11.5 Å². The fraction of sp³-hybridized carbons (Fsp3) is 0.333. The van der Waals surface area contributed by atoms with Crippen molar-refractivity contribution in [3.05, 3.63) is 58.6 Å². The maximum atomic E-state index is 6.26. The van der Waals surface area contributed by atoms with E-state index in [-0.39, 0.29) is 0 Å². The molecule has 1 atom stereocenters. The van der Waals surface area contributed by atoms with E-state index in [4.69, 9.17) is 16.3 Å². The van der Waals surface area contributed by atoms with Crippen LogP contribution in [0, 0.1) is 0 Å². The SMILES string of the molecule is Clc1ccc2c(c1)C(N1CCNCC1)Cc1ccccc1O2. The minimum absolute atomic E-state index is 0.319. The molecule has 0 aromatic heterocycles. The minimum atomic E-state index is 0.319. The molecular weight excluding hydrogens is 296 g/mol. The number of hydrogen-bond donors (Lipinski definition) is 1. The van der Waals surface area contributed by atoms with Gasteiger partial charge in [-0.3, -0.25) is 4.90 Å². The van der Waals surface area contributed by atoms with Crippen LogP contribution in [-0.2, 0) is 6.42 Å². The maximum Gasteiger partial charge on any atom is 0.132 e. The molecule has 2 aromatic carbocycles. The van der Waals surface area contributed by atoms with Crippen LogP contribution in [0.15, 0.2) is 42.5 Å². The highest BCUT2D eigenvalue weighted by molar-refractivity contribution is 6.30. The smallest absolute Gasteiger partial charge is 0.132 e. The molecule has 0 bridgehead atoms. The summed E-state index contributed by atoms with van der Waals surface area (Å²) in [5, 5.41) is 4.20. The van der Waals surface area contributed by atoms with E-state index in [0.29, 0.717) is 6.04 Å². The van der Waals surface area contributed by atoms with Crippen molar-refractivity contribution in [1.82, 2.24) is 10.2 Å². The van der Waals surface area contributed by atoms with Gasteiger partial charge in [0.15, 0.2) is 0 Å². The third kappa shape index (κ3) is 2.60. The Morgan fingerprint density at radius 2 is 1.86 bits per heavy atom. The zero-order valence-electron chi connectivity index (χ0n) is 12.4. The summed E-state index contributed by atoms with van der Waals surface area (Å²) < 4.78 is 6.18. The van der Waals surface area contributed by atoms with Crippen LogP contribution < -0.4 is 10.1 Å². The van der Waals surface area contributed by atoms with Crippen molar-refractivity contribution >= 4 is 11.6 Å². The van der Waals surface area contributed by atoms with E-state index in [1.54, 1.807) is 0 Å². The number of rotatable bonds is 1. The minimum Gasteiger partial charge on any atom is -0.457 e. The lowest BCUT2D eigenvalue weighted by Gasteiger charge is -2.35. The van der Waals surface area contributed by atoms with E-state index in [1.807, 2.05) is 24.3 Å². The topological polar surface area (TPSA) is 24.5 Å². The molecule has 1 fully saturated rings. The van der Waals surface area contributed by atoms with E-state index in [9.17, 15) is 0 Å². The van der Waals surface area contributed by atoms with Gasteiger partial charge >= 0.3 is 0 Å². The first-order chi connectivity index (χ1) is 10.8. The van der Waals surface area contributed by atoms with E-state index in [1.165, 1.54) is 11.1 Å². The highest BCUT2D eigenvalue weighted by Crippen LogP contribution is 2.41. The van der Waals surface area contributed by atoms with Crippen LogP contribution in [0.4, 0.5) is 0 Å². The van der Waals surface area contributed by atoms with Crippen molar-refractivity contribution in [3.8, 4) is 11.5 Å². The third-order valence-electron chi connectivity index (χ3n) is 4.53. The van der Waals surface area contributed by atoms with Gasteiger partial charge in [-0.1, -0.05) is 29.8 Å². The van der Waals surface area contributed by atoms with E-state index >= 15 is 0 Å². The first-order valence-electron chi connectivity index (χ1n) is 7.81. The number of para-hydroxylation sites is 1. The van der Waals surface area contributed by atoms with Gasteiger partial charge in [0.1, 0.15) is 11.5 Å². The Kier molecular flexibility index (Phi) is 3.78. The number of fused-ring (bicyclic) bond motifs is 2. The predicted molar refractivity (Wildman–Crippen MR) is 88.9 cm³/mol. The fourth-order valence-electron chi connectivity index (χ4n) is 3.40. The van der Waals surface area contributed by atoms with Crippen molar-refractivity contribution < 1.29 is 4.74 Å². The Morgan fingerprint density at radius 3 is 2.73 bits per heavy atom. The molecule has 0 amide bonds. The normalized spacial score (nSPS) is 21.4. The Labute approximate surface area is 135 Å². The number of hydrogen-bond acceptors (Lipinski definition) is 3. The summed E-state index contributed by atoms with van der Waals surface area (Å²) in [4.78, 5) is 2.54. The molecule has 2 heterocycles. The van der Waals surface area contributed by atoms with Gasteiger partial charge in [0.2, 0.25) is 0 Å². The molecule has 1 unspecified atom stereocenters. The summed E-state index contributed by atoms with van der Waals surface area (Å²) in [6.07, 6.45) is 0.962. The zero-order chi connectivity index (χ0) is 14.9. The van der Waals surface area contributed by atoms with Crippen LogP contribution in [-0.4, -0.2) is 31.1 Å². The van der Waals surface area contributed by atoms with Crippen LogP contribution in [0.3, 0.4) is 0 Å². The maximum absolute atomic E-state index is 6.26. The lowest BCUT2D eigenvalue weighted by molar-refractivity contribution is 0.172. The summed E-state index contributed by atoms with van der Waals surface area (Å²) in [5.41, 5.74) is 2.46. The first-order valence-corrected chi connectivity index (χ1v) is 8.19. The molecule has 4 rings (SSSR count). The molecule has 114 valence electrons. The first kappa shape index (κ1) is 14.1. The molecule has 0 aliphatic carbocycles. The van der Waals surface area contributed by atoms with Crippen LogP contribution in [0.2, 0.25) is 5.02 Å². The van der Waals surface area contributed by atoms with Crippen molar-refractivity contribution in [3.63, 3.8) is 0 Å². The van der Waals surface area contributed by atoms with Gasteiger partial charge in [0.05, 0.1) is 0 Å². The zero-order valence-corrected chi connectivity index (χ0v) is 13.1. The van der Waals surface area contributed by atoms with Crippen molar-refractivity contribution in [2.75, 3.05) is 26.2 Å². The molecule has 0 saturated carbocycles. The number of nitrogens with zero attached hydrogens (tertiary/aromatic N) is 1. The summed E-state index contributed by atoms with van der Waals surface area (Å²) in [6.45, 7) is 4.18. The number of piperazine rings is 1. The summed E-state index contributed by atoms with van der Waals surface area (Å²) in [6, 6.07) is 14.6. The molecule has 4 heteroatoms. The molecule has 22 heavy (non-hydrogen) atoms. The molecule has 0 spiro atoms. The second-order valence-corrected chi connectivity index (χ2v) is 6.33. The van der Waals surface area contributed by atoms with Crippen molar-refractivity contribution in [2.24, 2.45) is 0 Å². The summed E-state index contributed by atoms with van der Waals surface area (Å²) >= 11 is 6.26. The largest absolute Gasteiger partial charge is 0.457 e. The standard InChI is InChI=1S/C18H19ClN2O/c19-14-5-6-18-15(12-14)16(21-9-7-20-8-10-21)11-13-3-1-2-4-17(13)22-18/h1-6,12,16,20H,7-11H2. The second kappa shape index (κ2) is 5.92. The molecule has 1 N–H and O–H groups in total. The number of benzene rings is 2. The van der Waals surface area contributed by atoms with Crippen LogP contribution in [0.25, 0.3) is 0 Å². The molecule has 2 aliphatic rings. The lowest BCUT2D eigenvalue weighted by Crippen LogP contribution is -2.45. The van der Waals surface area contributed by atoms with Crippen LogP contribution >= 0.6 is 11.6 Å². The number of ether oxygens (including phenoxy) is 1. The highest BCUT2D eigenvalue weighted by atomic mass is 35.5. The second-order valence-electron chi connectivity index (χ2n) is 5.90. The molecular formula is C18H19ClN2O. The molecule has 2 aromatic rings. The quantitative estimate of drug-likeness (QED) is 0.870. The van der Waals surface area contributed by atoms with E-state index in [2.05, 4.69) is 28.4 Å². The Hall–Kier alpha value is -1.55. The molecule has 0 radical (unpaired) electrons. The van der Waals surface area contributed by atoms with Gasteiger partial charge in [-0.15, -0.1) is 0 Å². The van der Waals surface area contributed by atoms with Gasteiger partial charge in [0, 0.05) is 42.8 Å². The molecule has 1 saturated heterocycles. The molecule has 2 aliphatic heterocycles. The van der Waals surface area contributed by atoms with Gasteiger partial charge in [0.25, 0.3) is 0 Å². The van der Waals surface area contributed by atoms with Gasteiger partial charge in [-0.25, -0.2) is 0 Å². The fourth-order valence-corrected chi connectivity index (χ4v) is 3.58. The Morgan fingerprint density at radius 1 is 1.05 bits per heavy atom. The Bertz CT molecular complexity index is 683. The molecule has 3 nitrogen and oxygen atoms in total. The summed E-state index contributed by atoms with van der Waals surface area (Å²) in [7, 11) is 0. The van der Waals surface area contributed by atoms with Gasteiger partial charge < -0.3 is 10.1 Å². The van der Waals surface area contributed by atoms with E-state index in [0.717, 1.165) is 49.1 Å². The number of halogens is 1. The van der Waals surface area contributed by atoms with Crippen molar-refractivity contribution in [1.29, 1.82) is 0 Å². The number of nitrogens with one attached hydrogen (secondary N) is 1. The van der Waals surface area contributed by atoms with Crippen LogP contribution in [0.1, 0.15) is 17.2 Å². The Balaban J connectivity index is 1.80. The monoisotopic (exact) mass is 314 g/mol. The van der Waals surface area contributed by atoms with Crippen molar-refractivity contribution in [2.45, 2.75) is 12.5 Å². The third-order valence-corrected chi connectivity index (χ3v) is 4.76. The summed E-state index contributed by atoms with van der Waals surface area (Å²) in [5.74, 6) is 1.89. The van der Waals surface area contributed by atoms with Gasteiger partial charge in [-0.2, -0.15) is 0 Å². The lowest BCUT2D eigenvalue weighted by atomic mass is 9.97. The predicted octanol–water partition coefficient (Wildman–Crippen LogP) is 3.63.